The standard InChI is InChI=1S/C27H32N2O5/c1-17(2)23(24(30)28-16-27(25(31)32)13-7-8-14-27)29-26(33)34-15-22-20-11-5-3-9-18(20)19-10-4-6-12-21(19)22/h3-6,9-12,17,22-23H,7-8,13-16H2,1-2H3,(H,28,30)(H,29,33)(H,31,32)/t23-/m0/s1. The molecule has 1 atom stereocenters. The second-order valence-electron chi connectivity index (χ2n) is 9.70. The molecule has 0 radical (unpaired) electrons. The monoisotopic (exact) mass is 464 g/mol. The van der Waals surface area contributed by atoms with Gasteiger partial charge in [-0.3, -0.25) is 9.59 Å². The van der Waals surface area contributed by atoms with Gasteiger partial charge in [-0.2, -0.15) is 0 Å². The van der Waals surface area contributed by atoms with E-state index in [1.165, 1.54) is 0 Å². The molecule has 2 aromatic rings. The van der Waals surface area contributed by atoms with E-state index in [9.17, 15) is 19.5 Å². The summed E-state index contributed by atoms with van der Waals surface area (Å²) >= 11 is 0. The number of nitrogens with one attached hydrogen (secondary N) is 2. The number of carboxylic acids is 1. The number of carbonyl (C=O) groups is 3. The van der Waals surface area contributed by atoms with Gasteiger partial charge in [0.1, 0.15) is 12.6 Å². The van der Waals surface area contributed by atoms with E-state index >= 15 is 0 Å². The zero-order valence-electron chi connectivity index (χ0n) is 19.7. The predicted octanol–water partition coefficient (Wildman–Crippen LogP) is 4.31. The number of alkyl carbamates (subject to hydrolysis) is 1. The van der Waals surface area contributed by atoms with Crippen molar-refractivity contribution in [2.24, 2.45) is 11.3 Å². The summed E-state index contributed by atoms with van der Waals surface area (Å²) in [5, 5.41) is 15.1. The van der Waals surface area contributed by atoms with Crippen LogP contribution in [-0.2, 0) is 14.3 Å². The lowest BCUT2D eigenvalue weighted by atomic mass is 9.86. The zero-order valence-corrected chi connectivity index (χ0v) is 19.7. The Morgan fingerprint density at radius 3 is 2.09 bits per heavy atom. The highest BCUT2D eigenvalue weighted by Gasteiger charge is 2.42. The van der Waals surface area contributed by atoms with Crippen LogP contribution in [0.1, 0.15) is 56.6 Å². The second kappa shape index (κ2) is 9.87. The van der Waals surface area contributed by atoms with E-state index in [0.29, 0.717) is 12.8 Å². The topological polar surface area (TPSA) is 105 Å². The maximum absolute atomic E-state index is 12.9. The lowest BCUT2D eigenvalue weighted by Gasteiger charge is -2.27. The number of hydrogen-bond donors (Lipinski definition) is 3. The number of ether oxygens (including phenoxy) is 1. The number of rotatable bonds is 8. The molecule has 2 amide bonds. The normalized spacial score (nSPS) is 17.0. The van der Waals surface area contributed by atoms with Gasteiger partial charge in [0.05, 0.1) is 5.41 Å². The summed E-state index contributed by atoms with van der Waals surface area (Å²) in [5.41, 5.74) is 3.60. The first-order valence-electron chi connectivity index (χ1n) is 11.9. The Kier molecular flexibility index (Phi) is 6.91. The molecule has 0 spiro atoms. The highest BCUT2D eigenvalue weighted by Crippen LogP contribution is 2.44. The Morgan fingerprint density at radius 1 is 1.00 bits per heavy atom. The minimum Gasteiger partial charge on any atom is -0.481 e. The molecule has 1 fully saturated rings. The number of aliphatic carboxylic acids is 1. The van der Waals surface area contributed by atoms with Crippen molar-refractivity contribution < 1.29 is 24.2 Å². The third-order valence-electron chi connectivity index (χ3n) is 7.18. The first kappa shape index (κ1) is 23.8. The van der Waals surface area contributed by atoms with E-state index in [4.69, 9.17) is 4.74 Å². The molecule has 2 aliphatic carbocycles. The number of carbonyl (C=O) groups excluding carboxylic acids is 2. The van der Waals surface area contributed by atoms with Crippen molar-refractivity contribution in [3.05, 3.63) is 59.7 Å². The number of carboxylic acid groups (broad SMARTS) is 1. The fourth-order valence-electron chi connectivity index (χ4n) is 5.19. The maximum atomic E-state index is 12.9. The van der Waals surface area contributed by atoms with E-state index in [0.717, 1.165) is 35.1 Å². The van der Waals surface area contributed by atoms with Crippen LogP contribution < -0.4 is 10.6 Å². The van der Waals surface area contributed by atoms with E-state index in [2.05, 4.69) is 22.8 Å². The van der Waals surface area contributed by atoms with Crippen LogP contribution in [0.15, 0.2) is 48.5 Å². The number of fused-ring (bicyclic) bond motifs is 3. The lowest BCUT2D eigenvalue weighted by Crippen LogP contribution is -2.52. The summed E-state index contributed by atoms with van der Waals surface area (Å²) in [6.45, 7) is 3.89. The van der Waals surface area contributed by atoms with Gasteiger partial charge < -0.3 is 20.5 Å². The van der Waals surface area contributed by atoms with E-state index in [1.54, 1.807) is 0 Å². The summed E-state index contributed by atoms with van der Waals surface area (Å²) < 4.78 is 5.58. The fourth-order valence-corrected chi connectivity index (χ4v) is 5.19. The predicted molar refractivity (Wildman–Crippen MR) is 128 cm³/mol. The van der Waals surface area contributed by atoms with Crippen LogP contribution in [0.2, 0.25) is 0 Å². The summed E-state index contributed by atoms with van der Waals surface area (Å²) in [6, 6.07) is 15.4. The van der Waals surface area contributed by atoms with Crippen LogP contribution in [0.3, 0.4) is 0 Å². The van der Waals surface area contributed by atoms with Crippen LogP contribution in [0.25, 0.3) is 11.1 Å². The van der Waals surface area contributed by atoms with Crippen LogP contribution in [0.4, 0.5) is 4.79 Å². The van der Waals surface area contributed by atoms with Gasteiger partial charge in [0.25, 0.3) is 0 Å². The Hall–Kier alpha value is -3.35. The molecule has 7 nitrogen and oxygen atoms in total. The fraction of sp³-hybridized carbons (Fsp3) is 0.444. The Bertz CT molecular complexity index is 1030. The first-order valence-corrected chi connectivity index (χ1v) is 11.9. The van der Waals surface area contributed by atoms with Gasteiger partial charge in [-0.15, -0.1) is 0 Å². The SMILES string of the molecule is CC(C)[C@H](NC(=O)OCC1c2ccccc2-c2ccccc21)C(=O)NCC1(C(=O)O)CCCC1. The Morgan fingerprint density at radius 2 is 1.56 bits per heavy atom. The summed E-state index contributed by atoms with van der Waals surface area (Å²) in [6.07, 6.45) is 2.12. The maximum Gasteiger partial charge on any atom is 0.407 e. The van der Waals surface area contributed by atoms with Gasteiger partial charge in [-0.05, 0) is 41.0 Å². The van der Waals surface area contributed by atoms with Crippen LogP contribution in [0, 0.1) is 11.3 Å². The van der Waals surface area contributed by atoms with Crippen molar-refractivity contribution in [1.82, 2.24) is 10.6 Å². The van der Waals surface area contributed by atoms with Gasteiger partial charge in [-0.1, -0.05) is 75.2 Å². The molecule has 0 unspecified atom stereocenters. The average Bonchev–Trinajstić information content (AvgIpc) is 3.43. The summed E-state index contributed by atoms with van der Waals surface area (Å²) in [7, 11) is 0. The Balaban J connectivity index is 1.37. The van der Waals surface area contributed by atoms with Crippen molar-refractivity contribution in [1.29, 1.82) is 0 Å². The average molecular weight is 465 g/mol. The highest BCUT2D eigenvalue weighted by molar-refractivity contribution is 5.87. The third kappa shape index (κ3) is 4.65. The quantitative estimate of drug-likeness (QED) is 0.540. The molecule has 34 heavy (non-hydrogen) atoms. The van der Waals surface area contributed by atoms with Gasteiger partial charge in [0.2, 0.25) is 5.91 Å². The van der Waals surface area contributed by atoms with Gasteiger partial charge >= 0.3 is 12.1 Å². The van der Waals surface area contributed by atoms with Gasteiger partial charge in [0.15, 0.2) is 0 Å². The van der Waals surface area contributed by atoms with Crippen molar-refractivity contribution in [3.8, 4) is 11.1 Å². The molecular weight excluding hydrogens is 432 g/mol. The molecular formula is C27H32N2O5. The molecule has 4 rings (SSSR count). The van der Waals surface area contributed by atoms with Crippen LogP contribution in [-0.4, -0.2) is 42.3 Å². The lowest BCUT2D eigenvalue weighted by molar-refractivity contribution is -0.148. The molecule has 0 aromatic heterocycles. The number of hydrogen-bond acceptors (Lipinski definition) is 4. The van der Waals surface area contributed by atoms with Crippen LogP contribution >= 0.6 is 0 Å². The first-order chi connectivity index (χ1) is 16.3. The van der Waals surface area contributed by atoms with Crippen molar-refractivity contribution in [2.75, 3.05) is 13.2 Å². The third-order valence-corrected chi connectivity index (χ3v) is 7.18. The highest BCUT2D eigenvalue weighted by atomic mass is 16.5. The van der Waals surface area contributed by atoms with Crippen molar-refractivity contribution >= 4 is 18.0 Å². The number of benzene rings is 2. The molecule has 2 aromatic carbocycles. The molecule has 0 heterocycles. The molecule has 0 saturated heterocycles. The number of amides is 2. The summed E-state index contributed by atoms with van der Waals surface area (Å²) in [5.74, 6) is -1.53. The minimum atomic E-state index is -0.916. The molecule has 3 N–H and O–H groups in total. The van der Waals surface area contributed by atoms with Gasteiger partial charge in [0, 0.05) is 12.5 Å². The largest absolute Gasteiger partial charge is 0.481 e. The van der Waals surface area contributed by atoms with E-state index in [1.807, 2.05) is 50.2 Å². The Labute approximate surface area is 199 Å². The van der Waals surface area contributed by atoms with Gasteiger partial charge in [-0.25, -0.2) is 4.79 Å². The smallest absolute Gasteiger partial charge is 0.407 e. The molecule has 7 heteroatoms. The summed E-state index contributed by atoms with van der Waals surface area (Å²) in [4.78, 5) is 37.3. The van der Waals surface area contributed by atoms with Crippen molar-refractivity contribution in [3.63, 3.8) is 0 Å². The zero-order chi connectivity index (χ0) is 24.3. The minimum absolute atomic E-state index is 0.0662. The molecule has 1 saturated carbocycles. The second-order valence-corrected chi connectivity index (χ2v) is 9.70. The van der Waals surface area contributed by atoms with Crippen molar-refractivity contribution in [2.45, 2.75) is 51.5 Å². The van der Waals surface area contributed by atoms with Crippen LogP contribution in [0.5, 0.6) is 0 Å². The molecule has 2 aliphatic rings. The molecule has 180 valence electrons. The molecule has 0 bridgehead atoms. The molecule has 0 aliphatic heterocycles. The van der Waals surface area contributed by atoms with E-state index < -0.39 is 29.4 Å². The van der Waals surface area contributed by atoms with E-state index in [-0.39, 0.29) is 25.0 Å².